The van der Waals surface area contributed by atoms with Crippen molar-refractivity contribution < 1.29 is 12.7 Å². The Labute approximate surface area is 95.3 Å². The van der Waals surface area contributed by atoms with Crippen LogP contribution in [0.3, 0.4) is 0 Å². The molecule has 0 aliphatic carbocycles. The maximum Gasteiger partial charge on any atom is 0.334 e. The lowest BCUT2D eigenvalue weighted by atomic mass is 10.2. The normalized spacial score (nSPS) is 9.21. The highest BCUT2D eigenvalue weighted by Gasteiger charge is 2.06. The van der Waals surface area contributed by atoms with Gasteiger partial charge in [-0.25, -0.2) is 4.79 Å². The molecule has 1 aromatic carbocycles. The Kier molecular flexibility index (Phi) is 4.37. The Morgan fingerprint density at radius 3 is 2.50 bits per heavy atom. The molecule has 0 unspecified atom stereocenters. The van der Waals surface area contributed by atoms with Gasteiger partial charge in [0.1, 0.15) is 6.54 Å². The second kappa shape index (κ2) is 5.58. The molecule has 0 radical (unpaired) electrons. The van der Waals surface area contributed by atoms with Crippen molar-refractivity contribution in [2.45, 2.75) is 0 Å². The number of amides is 1. The monoisotopic (exact) mass is 305 g/mol. The third-order valence-corrected chi connectivity index (χ3v) is 2.01. The fourth-order valence-corrected chi connectivity index (χ4v) is 1.03. The van der Waals surface area contributed by atoms with E-state index in [1.807, 2.05) is 6.07 Å². The number of halogens is 1. The number of nitrogens with one attached hydrogen (secondary N) is 1. The molecule has 1 aromatic rings. The molecule has 0 saturated heterocycles. The molecule has 0 aromatic heterocycles. The van der Waals surface area contributed by atoms with Crippen LogP contribution in [0.25, 0.3) is 0 Å². The molecule has 5 heteroatoms. The van der Waals surface area contributed by atoms with E-state index in [0.717, 1.165) is 0 Å². The summed E-state index contributed by atoms with van der Waals surface area (Å²) in [6.45, 7) is -0.114. The molecule has 74 valence electrons. The van der Waals surface area contributed by atoms with Gasteiger partial charge in [0.2, 0.25) is 0 Å². The molecular weight excluding hydrogens is 297 g/mol. The zero-order chi connectivity index (χ0) is 10.4. The van der Waals surface area contributed by atoms with Crippen molar-refractivity contribution in [3.63, 3.8) is 0 Å². The highest BCUT2D eigenvalue weighted by atomic mass is 127. The number of carbonyl (C=O) groups excluding carboxylic acids is 2. The molecule has 0 fully saturated rings. The minimum absolute atomic E-state index is 0.114. The van der Waals surface area contributed by atoms with Gasteiger partial charge in [0, 0.05) is 5.56 Å². The van der Waals surface area contributed by atoms with Crippen molar-refractivity contribution in [3.05, 3.63) is 35.9 Å². The lowest BCUT2D eigenvalue weighted by Gasteiger charge is -2.02. The van der Waals surface area contributed by atoms with E-state index in [4.69, 9.17) is 0 Å². The van der Waals surface area contributed by atoms with Gasteiger partial charge in [-0.1, -0.05) is 18.2 Å². The van der Waals surface area contributed by atoms with Gasteiger partial charge in [-0.3, -0.25) is 4.79 Å². The van der Waals surface area contributed by atoms with Crippen molar-refractivity contribution >= 4 is 34.9 Å². The molecule has 1 N–H and O–H groups in total. The fraction of sp³-hybridized carbons (Fsp3) is 0.111. The number of hydrogen-bond acceptors (Lipinski definition) is 3. The lowest BCUT2D eigenvalue weighted by molar-refractivity contribution is -0.130. The molecule has 14 heavy (non-hydrogen) atoms. The molecule has 4 nitrogen and oxygen atoms in total. The van der Waals surface area contributed by atoms with E-state index in [-0.39, 0.29) is 12.5 Å². The quantitative estimate of drug-likeness (QED) is 0.857. The van der Waals surface area contributed by atoms with Gasteiger partial charge >= 0.3 is 5.97 Å². The number of rotatable bonds is 3. The van der Waals surface area contributed by atoms with Gasteiger partial charge in [-0.15, -0.1) is 0 Å². The first-order valence-electron chi connectivity index (χ1n) is 3.88. The minimum Gasteiger partial charge on any atom is -0.393 e. The largest absolute Gasteiger partial charge is 0.393 e. The molecule has 1 amide bonds. The van der Waals surface area contributed by atoms with Gasteiger partial charge in [-0.2, -0.15) is 0 Å². The Hall–Kier alpha value is -1.11. The van der Waals surface area contributed by atoms with Crippen LogP contribution < -0.4 is 5.32 Å². The van der Waals surface area contributed by atoms with Crippen LogP contribution in [-0.2, 0) is 7.86 Å². The van der Waals surface area contributed by atoms with Gasteiger partial charge in [0.15, 0.2) is 23.0 Å². The maximum absolute atomic E-state index is 11.3. The Morgan fingerprint density at radius 1 is 1.29 bits per heavy atom. The van der Waals surface area contributed by atoms with Gasteiger partial charge < -0.3 is 8.38 Å². The SMILES string of the molecule is O=C(CNC(=O)c1ccccc1)OI. The van der Waals surface area contributed by atoms with Crippen LogP contribution in [0, 0.1) is 0 Å². The predicted octanol–water partition coefficient (Wildman–Crippen LogP) is 1.31. The molecule has 1 rings (SSSR count). The summed E-state index contributed by atoms with van der Waals surface area (Å²) in [5.74, 6) is -0.762. The maximum atomic E-state index is 11.3. The summed E-state index contributed by atoms with van der Waals surface area (Å²) < 4.78 is 4.35. The number of hydrogen-bond donors (Lipinski definition) is 1. The summed E-state index contributed by atoms with van der Waals surface area (Å²) in [6, 6.07) is 8.67. The van der Waals surface area contributed by atoms with E-state index in [2.05, 4.69) is 8.38 Å². The lowest BCUT2D eigenvalue weighted by Crippen LogP contribution is -2.29. The fourth-order valence-electron chi connectivity index (χ4n) is 0.871. The third kappa shape index (κ3) is 3.33. The Morgan fingerprint density at radius 2 is 1.93 bits per heavy atom. The summed E-state index contributed by atoms with van der Waals surface area (Å²) in [4.78, 5) is 22.0. The Bertz CT molecular complexity index is 326. The molecule has 0 spiro atoms. The summed E-state index contributed by atoms with van der Waals surface area (Å²) in [5, 5.41) is 2.43. The second-order valence-electron chi connectivity index (χ2n) is 2.50. The average Bonchev–Trinajstić information content (AvgIpc) is 2.26. The zero-order valence-corrected chi connectivity index (χ0v) is 9.35. The summed E-state index contributed by atoms with van der Waals surface area (Å²) in [7, 11) is 0. The highest BCUT2D eigenvalue weighted by molar-refractivity contribution is 14.1. The van der Waals surface area contributed by atoms with Crippen LogP contribution in [0.15, 0.2) is 30.3 Å². The van der Waals surface area contributed by atoms with E-state index in [9.17, 15) is 9.59 Å². The van der Waals surface area contributed by atoms with E-state index >= 15 is 0 Å². The highest BCUT2D eigenvalue weighted by Crippen LogP contribution is 1.97. The standard InChI is InChI=1S/C9H8INO3/c10-14-8(12)6-11-9(13)7-4-2-1-3-5-7/h1-5H,6H2,(H,11,13). The van der Waals surface area contributed by atoms with E-state index in [0.29, 0.717) is 5.56 Å². The molecule has 0 bridgehead atoms. The van der Waals surface area contributed by atoms with E-state index in [1.54, 1.807) is 24.3 Å². The van der Waals surface area contributed by atoms with Crippen LogP contribution in [0.4, 0.5) is 0 Å². The molecule has 0 atom stereocenters. The van der Waals surface area contributed by atoms with Crippen molar-refractivity contribution in [2.24, 2.45) is 0 Å². The van der Waals surface area contributed by atoms with Crippen LogP contribution in [0.1, 0.15) is 10.4 Å². The molecule has 0 saturated carbocycles. The second-order valence-corrected chi connectivity index (χ2v) is 2.94. The summed E-state index contributed by atoms with van der Waals surface area (Å²) >= 11 is 1.47. The zero-order valence-electron chi connectivity index (χ0n) is 7.20. The average molecular weight is 305 g/mol. The first-order valence-corrected chi connectivity index (χ1v) is 4.77. The number of benzene rings is 1. The summed E-state index contributed by atoms with van der Waals surface area (Å²) in [6.07, 6.45) is 0. The molecule has 0 aliphatic heterocycles. The molecular formula is C9H8INO3. The predicted molar refractivity (Wildman–Crippen MR) is 58.9 cm³/mol. The Balaban J connectivity index is 2.48. The number of carbonyl (C=O) groups is 2. The topological polar surface area (TPSA) is 55.4 Å². The molecule has 0 aliphatic rings. The van der Waals surface area contributed by atoms with Crippen LogP contribution in [0.5, 0.6) is 0 Å². The van der Waals surface area contributed by atoms with Crippen molar-refractivity contribution in [2.75, 3.05) is 6.54 Å². The summed E-state index contributed by atoms with van der Waals surface area (Å²) in [5.41, 5.74) is 0.522. The smallest absolute Gasteiger partial charge is 0.334 e. The van der Waals surface area contributed by atoms with Gasteiger partial charge in [0.05, 0.1) is 0 Å². The van der Waals surface area contributed by atoms with Crippen LogP contribution in [0.2, 0.25) is 0 Å². The minimum atomic E-state index is -0.477. The van der Waals surface area contributed by atoms with Crippen molar-refractivity contribution in [1.82, 2.24) is 5.32 Å². The van der Waals surface area contributed by atoms with E-state index in [1.165, 1.54) is 23.0 Å². The first kappa shape index (κ1) is 11.0. The van der Waals surface area contributed by atoms with E-state index < -0.39 is 5.97 Å². The first-order chi connectivity index (χ1) is 6.74. The third-order valence-electron chi connectivity index (χ3n) is 1.52. The molecule has 0 heterocycles. The van der Waals surface area contributed by atoms with Crippen LogP contribution >= 0.6 is 23.0 Å². The van der Waals surface area contributed by atoms with Crippen molar-refractivity contribution in [3.8, 4) is 0 Å². The van der Waals surface area contributed by atoms with Gasteiger partial charge in [-0.05, 0) is 12.1 Å². The van der Waals surface area contributed by atoms with Crippen LogP contribution in [-0.4, -0.2) is 18.4 Å². The van der Waals surface area contributed by atoms with Crippen molar-refractivity contribution in [1.29, 1.82) is 0 Å². The van der Waals surface area contributed by atoms with Gasteiger partial charge in [0.25, 0.3) is 5.91 Å².